The molecule has 0 atom stereocenters. The summed E-state index contributed by atoms with van der Waals surface area (Å²) in [6, 6.07) is 16.3. The van der Waals surface area contributed by atoms with E-state index < -0.39 is 0 Å². The smallest absolute Gasteiger partial charge is 0.247 e. The van der Waals surface area contributed by atoms with Gasteiger partial charge in [-0.2, -0.15) is 0 Å². The maximum absolute atomic E-state index is 14.6. The summed E-state index contributed by atoms with van der Waals surface area (Å²) in [4.78, 5) is 25.9. The quantitative estimate of drug-likeness (QED) is 0.194. The predicted octanol–water partition coefficient (Wildman–Crippen LogP) is 5.63. The number of benzene rings is 3. The minimum atomic E-state index is -0.342. The zero-order valence-electron chi connectivity index (χ0n) is 23.5. The number of hydrogen-bond acceptors (Lipinski definition) is 7. The summed E-state index contributed by atoms with van der Waals surface area (Å²) in [6.07, 6.45) is 3.57. The molecule has 4 aromatic rings. The van der Waals surface area contributed by atoms with Crippen LogP contribution in [0.15, 0.2) is 73.6 Å². The van der Waals surface area contributed by atoms with Crippen molar-refractivity contribution in [2.75, 3.05) is 57.0 Å². The number of nitrogens with zero attached hydrogens (tertiary/aromatic N) is 4. The van der Waals surface area contributed by atoms with Crippen molar-refractivity contribution in [1.82, 2.24) is 19.8 Å². The maximum atomic E-state index is 14.6. The minimum Gasteiger partial charge on any atom is -0.491 e. The third-order valence-corrected chi connectivity index (χ3v) is 7.21. The van der Waals surface area contributed by atoms with Crippen molar-refractivity contribution in [2.24, 2.45) is 0 Å². The van der Waals surface area contributed by atoms with E-state index >= 15 is 0 Å². The van der Waals surface area contributed by atoms with E-state index in [9.17, 15) is 9.18 Å². The lowest BCUT2D eigenvalue weighted by Gasteiger charge is -2.32. The molecule has 3 aromatic carbocycles. The first-order valence-electron chi connectivity index (χ1n) is 13.8. The van der Waals surface area contributed by atoms with Gasteiger partial charge in [0.1, 0.15) is 23.7 Å². The van der Waals surface area contributed by atoms with Gasteiger partial charge in [0.15, 0.2) is 0 Å². The van der Waals surface area contributed by atoms with Crippen LogP contribution in [0.4, 0.5) is 21.6 Å². The van der Waals surface area contributed by atoms with Gasteiger partial charge in [-0.3, -0.25) is 4.79 Å². The number of fused-ring (bicyclic) bond motifs is 1. The van der Waals surface area contributed by atoms with Gasteiger partial charge in [-0.1, -0.05) is 30.8 Å². The summed E-state index contributed by atoms with van der Waals surface area (Å²) >= 11 is 0. The molecule has 2 heterocycles. The second kappa shape index (κ2) is 12.9. The standard InChI is InChI=1S/C32H35FN6O2/c1-4-31(40)37-29-19-26-28(20-30(29)41-16-6-11-39-14-12-38(3)13-15-39)34-21-35-32(26)36-24-8-5-7-23(18-24)25-10-9-22(2)17-27(25)33/h4-5,7-10,17-21H,1,6,11-16H2,2-3H3,(H,37,40)(H,34,35,36). The second-order valence-corrected chi connectivity index (χ2v) is 10.3. The summed E-state index contributed by atoms with van der Waals surface area (Å²) in [5, 5.41) is 6.89. The van der Waals surface area contributed by atoms with Crippen LogP contribution < -0.4 is 15.4 Å². The minimum absolute atomic E-state index is 0.270. The first-order chi connectivity index (χ1) is 19.9. The third-order valence-electron chi connectivity index (χ3n) is 7.21. The van der Waals surface area contributed by atoms with E-state index in [0.717, 1.165) is 56.0 Å². The van der Waals surface area contributed by atoms with E-state index in [1.165, 1.54) is 18.5 Å². The Bertz CT molecular complexity index is 1550. The van der Waals surface area contributed by atoms with Crippen LogP contribution in [0, 0.1) is 12.7 Å². The van der Waals surface area contributed by atoms with E-state index in [-0.39, 0.29) is 11.7 Å². The van der Waals surface area contributed by atoms with Crippen LogP contribution in [0.2, 0.25) is 0 Å². The Labute approximate surface area is 239 Å². The third kappa shape index (κ3) is 7.06. The lowest BCUT2D eigenvalue weighted by Crippen LogP contribution is -2.44. The van der Waals surface area contributed by atoms with Crippen LogP contribution in [-0.2, 0) is 4.79 Å². The molecule has 212 valence electrons. The van der Waals surface area contributed by atoms with Gasteiger partial charge in [0.2, 0.25) is 5.91 Å². The molecule has 1 aromatic heterocycles. The van der Waals surface area contributed by atoms with Crippen molar-refractivity contribution in [3.05, 3.63) is 85.0 Å². The Morgan fingerprint density at radius 3 is 2.71 bits per heavy atom. The van der Waals surface area contributed by atoms with Crippen molar-refractivity contribution in [2.45, 2.75) is 13.3 Å². The number of aryl methyl sites for hydroxylation is 1. The fourth-order valence-corrected chi connectivity index (χ4v) is 4.88. The summed E-state index contributed by atoms with van der Waals surface area (Å²) in [7, 11) is 2.15. The first kappa shape index (κ1) is 28.2. The largest absolute Gasteiger partial charge is 0.491 e. The molecule has 2 N–H and O–H groups in total. The van der Waals surface area contributed by atoms with Crippen molar-refractivity contribution in [3.63, 3.8) is 0 Å². The molecule has 1 amide bonds. The van der Waals surface area contributed by atoms with Gasteiger partial charge in [-0.05, 0) is 61.9 Å². The molecule has 1 aliphatic rings. The summed E-state index contributed by atoms with van der Waals surface area (Å²) in [5.74, 6) is 0.471. The molecule has 0 unspecified atom stereocenters. The number of piperazine rings is 1. The Kier molecular flexibility index (Phi) is 8.86. The topological polar surface area (TPSA) is 82.6 Å². The number of likely N-dealkylation sites (N-methyl/N-ethyl adjacent to an activating group) is 1. The number of amides is 1. The van der Waals surface area contributed by atoms with E-state index in [1.54, 1.807) is 12.1 Å². The average Bonchev–Trinajstić information content (AvgIpc) is 2.97. The molecule has 41 heavy (non-hydrogen) atoms. The van der Waals surface area contributed by atoms with Crippen molar-refractivity contribution in [3.8, 4) is 16.9 Å². The number of aromatic nitrogens is 2. The van der Waals surface area contributed by atoms with E-state index in [0.29, 0.717) is 40.3 Å². The molecule has 0 bridgehead atoms. The highest BCUT2D eigenvalue weighted by Gasteiger charge is 2.16. The Hall–Kier alpha value is -4.34. The molecule has 1 fully saturated rings. The van der Waals surface area contributed by atoms with Crippen LogP contribution in [0.5, 0.6) is 5.75 Å². The van der Waals surface area contributed by atoms with Crippen LogP contribution in [0.25, 0.3) is 22.0 Å². The molecule has 0 spiro atoms. The van der Waals surface area contributed by atoms with E-state index in [2.05, 4.69) is 44.0 Å². The van der Waals surface area contributed by atoms with E-state index in [4.69, 9.17) is 4.74 Å². The number of nitrogens with one attached hydrogen (secondary N) is 2. The summed E-state index contributed by atoms with van der Waals surface area (Å²) < 4.78 is 20.8. The molecule has 8 nitrogen and oxygen atoms in total. The zero-order chi connectivity index (χ0) is 28.8. The molecule has 9 heteroatoms. The van der Waals surface area contributed by atoms with Crippen molar-refractivity contribution in [1.29, 1.82) is 0 Å². The van der Waals surface area contributed by atoms with Crippen molar-refractivity contribution >= 4 is 34.0 Å². The van der Waals surface area contributed by atoms with Crippen LogP contribution >= 0.6 is 0 Å². The number of carbonyl (C=O) groups excluding carboxylic acids is 1. The molecule has 1 saturated heterocycles. The number of hydrogen-bond donors (Lipinski definition) is 2. The maximum Gasteiger partial charge on any atom is 0.247 e. The predicted molar refractivity (Wildman–Crippen MR) is 162 cm³/mol. The molecule has 0 aliphatic carbocycles. The van der Waals surface area contributed by atoms with Gasteiger partial charge >= 0.3 is 0 Å². The zero-order valence-corrected chi connectivity index (χ0v) is 23.5. The molecule has 5 rings (SSSR count). The lowest BCUT2D eigenvalue weighted by molar-refractivity contribution is -0.111. The van der Waals surface area contributed by atoms with Crippen LogP contribution in [0.3, 0.4) is 0 Å². The highest BCUT2D eigenvalue weighted by Crippen LogP contribution is 2.34. The highest BCUT2D eigenvalue weighted by molar-refractivity contribution is 6.03. The van der Waals surface area contributed by atoms with Crippen LogP contribution in [-0.4, -0.2) is 72.1 Å². The number of anilines is 3. The van der Waals surface area contributed by atoms with Gasteiger partial charge in [0.05, 0.1) is 17.8 Å². The highest BCUT2D eigenvalue weighted by atomic mass is 19.1. The van der Waals surface area contributed by atoms with Gasteiger partial charge in [0.25, 0.3) is 0 Å². The van der Waals surface area contributed by atoms with Crippen LogP contribution in [0.1, 0.15) is 12.0 Å². The number of rotatable bonds is 10. The molecule has 0 saturated carbocycles. The molecular formula is C32H35FN6O2. The van der Waals surface area contributed by atoms with Gasteiger partial charge in [0, 0.05) is 55.4 Å². The normalized spacial score (nSPS) is 14.1. The SMILES string of the molecule is C=CC(=O)Nc1cc2c(Nc3cccc(-c4ccc(C)cc4F)c3)ncnc2cc1OCCCN1CCN(C)CC1. The molecule has 1 aliphatic heterocycles. The van der Waals surface area contributed by atoms with Gasteiger partial charge in [-0.25, -0.2) is 14.4 Å². The molecular weight excluding hydrogens is 519 g/mol. The second-order valence-electron chi connectivity index (χ2n) is 10.3. The van der Waals surface area contributed by atoms with Gasteiger partial charge < -0.3 is 25.2 Å². The van der Waals surface area contributed by atoms with Gasteiger partial charge in [-0.15, -0.1) is 0 Å². The monoisotopic (exact) mass is 554 g/mol. The Morgan fingerprint density at radius 1 is 1.10 bits per heavy atom. The van der Waals surface area contributed by atoms with Crippen molar-refractivity contribution < 1.29 is 13.9 Å². The summed E-state index contributed by atoms with van der Waals surface area (Å²) in [6.45, 7) is 11.2. The first-order valence-corrected chi connectivity index (χ1v) is 13.8. The average molecular weight is 555 g/mol. The Balaban J connectivity index is 1.37. The lowest BCUT2D eigenvalue weighted by atomic mass is 10.0. The molecule has 0 radical (unpaired) electrons. The Morgan fingerprint density at radius 2 is 1.93 bits per heavy atom. The number of carbonyl (C=O) groups is 1. The number of ether oxygens (including phenoxy) is 1. The summed E-state index contributed by atoms with van der Waals surface area (Å²) in [5.41, 5.74) is 4.05. The van der Waals surface area contributed by atoms with E-state index in [1.807, 2.05) is 43.3 Å². The number of halogens is 1. The fourth-order valence-electron chi connectivity index (χ4n) is 4.88. The fraction of sp³-hybridized carbons (Fsp3) is 0.281.